The van der Waals surface area contributed by atoms with Gasteiger partial charge in [-0.3, -0.25) is 0 Å². The van der Waals surface area contributed by atoms with Gasteiger partial charge >= 0.3 is 6.18 Å². The van der Waals surface area contributed by atoms with Crippen molar-refractivity contribution in [2.45, 2.75) is 12.6 Å². The van der Waals surface area contributed by atoms with Crippen LogP contribution in [0.5, 0.6) is 0 Å². The van der Waals surface area contributed by atoms with Crippen molar-refractivity contribution in [3.8, 4) is 0 Å². The summed E-state index contributed by atoms with van der Waals surface area (Å²) in [5, 5.41) is 0. The molecule has 1 aromatic heterocycles. The van der Waals surface area contributed by atoms with Crippen LogP contribution in [0, 0.1) is 0 Å². The largest absolute Gasteiger partial charge is 0.417 e. The normalized spacial score (nSPS) is 14.0. The van der Waals surface area contributed by atoms with E-state index >= 15 is 0 Å². The van der Waals surface area contributed by atoms with Crippen molar-refractivity contribution in [3.05, 3.63) is 53.2 Å². The highest BCUT2D eigenvalue weighted by Gasteiger charge is 2.33. The number of hydrogen-bond donors (Lipinski definition) is 0. The van der Waals surface area contributed by atoms with Crippen LogP contribution in [-0.4, -0.2) is 12.0 Å². The number of hydrogen-bond acceptors (Lipinski definition) is 2. The summed E-state index contributed by atoms with van der Waals surface area (Å²) < 4.78 is 38.1. The molecule has 0 bridgehead atoms. The Bertz CT molecular complexity index is 635. The first-order valence-corrected chi connectivity index (χ1v) is 5.84. The molecule has 3 rings (SSSR count). The fourth-order valence-electron chi connectivity index (χ4n) is 2.40. The van der Waals surface area contributed by atoms with Gasteiger partial charge in [-0.25, -0.2) is 4.98 Å². The maximum atomic E-state index is 12.7. The van der Waals surface area contributed by atoms with E-state index in [1.54, 1.807) is 0 Å². The van der Waals surface area contributed by atoms with Gasteiger partial charge in [-0.05, 0) is 17.7 Å². The Hall–Kier alpha value is -2.04. The number of nitrogens with zero attached hydrogens (tertiary/aromatic N) is 2. The second-order valence-corrected chi connectivity index (χ2v) is 4.57. The van der Waals surface area contributed by atoms with E-state index in [1.807, 2.05) is 36.2 Å². The van der Waals surface area contributed by atoms with Crippen LogP contribution in [-0.2, 0) is 12.6 Å². The third-order valence-electron chi connectivity index (χ3n) is 3.32. The Morgan fingerprint density at radius 3 is 2.63 bits per heavy atom. The molecule has 0 atom stereocenters. The Balaban J connectivity index is 2.10. The number of rotatable bonds is 0. The smallest absolute Gasteiger partial charge is 0.329 e. The molecule has 2 aromatic rings. The standard InChI is InChI=1S/C14H11F3N2/c1-19-12-5-3-2-4-9(12)6-10-7-11(14(15,16)17)8-18-13(10)19/h2-5,7-8H,6H2,1H3. The first-order chi connectivity index (χ1) is 8.97. The highest BCUT2D eigenvalue weighted by Crippen LogP contribution is 2.38. The van der Waals surface area contributed by atoms with Gasteiger partial charge < -0.3 is 4.90 Å². The number of anilines is 2. The molecular formula is C14H11F3N2. The van der Waals surface area contributed by atoms with E-state index in [1.165, 1.54) is 6.07 Å². The van der Waals surface area contributed by atoms with E-state index in [2.05, 4.69) is 4.98 Å². The van der Waals surface area contributed by atoms with Crippen LogP contribution in [0.25, 0.3) is 0 Å². The summed E-state index contributed by atoms with van der Waals surface area (Å²) in [6.45, 7) is 0. The molecular weight excluding hydrogens is 253 g/mol. The molecule has 0 spiro atoms. The predicted molar refractivity (Wildman–Crippen MR) is 66.6 cm³/mol. The Labute approximate surface area is 108 Å². The van der Waals surface area contributed by atoms with Crippen molar-refractivity contribution >= 4 is 11.5 Å². The maximum Gasteiger partial charge on any atom is 0.417 e. The summed E-state index contributed by atoms with van der Waals surface area (Å²) in [4.78, 5) is 5.80. The maximum absolute atomic E-state index is 12.7. The third kappa shape index (κ3) is 1.95. The van der Waals surface area contributed by atoms with Gasteiger partial charge in [0.25, 0.3) is 0 Å². The van der Waals surface area contributed by atoms with Crippen LogP contribution in [0.3, 0.4) is 0 Å². The Morgan fingerprint density at radius 1 is 1.16 bits per heavy atom. The van der Waals surface area contributed by atoms with Gasteiger partial charge in [0.2, 0.25) is 0 Å². The molecule has 19 heavy (non-hydrogen) atoms. The quantitative estimate of drug-likeness (QED) is 0.720. The minimum absolute atomic E-state index is 0.479. The molecule has 5 heteroatoms. The summed E-state index contributed by atoms with van der Waals surface area (Å²) in [7, 11) is 1.82. The van der Waals surface area contributed by atoms with Crippen LogP contribution in [0.2, 0.25) is 0 Å². The minimum Gasteiger partial charge on any atom is -0.329 e. The van der Waals surface area contributed by atoms with Crippen molar-refractivity contribution in [1.82, 2.24) is 4.98 Å². The fraction of sp³-hybridized carbons (Fsp3) is 0.214. The zero-order chi connectivity index (χ0) is 13.6. The van der Waals surface area contributed by atoms with E-state index in [0.717, 1.165) is 17.4 Å². The summed E-state index contributed by atoms with van der Waals surface area (Å²) in [6, 6.07) is 8.85. The average molecular weight is 264 g/mol. The van der Waals surface area contributed by atoms with Crippen LogP contribution >= 0.6 is 0 Å². The van der Waals surface area contributed by atoms with Gasteiger partial charge in [-0.1, -0.05) is 18.2 Å². The number of aromatic nitrogens is 1. The second-order valence-electron chi connectivity index (χ2n) is 4.57. The molecule has 0 N–H and O–H groups in total. The highest BCUT2D eigenvalue weighted by atomic mass is 19.4. The van der Waals surface area contributed by atoms with E-state index < -0.39 is 11.7 Å². The zero-order valence-corrected chi connectivity index (χ0v) is 10.2. The molecule has 0 saturated carbocycles. The number of pyridine rings is 1. The number of halogens is 3. The lowest BCUT2D eigenvalue weighted by Crippen LogP contribution is -2.21. The average Bonchev–Trinajstić information content (AvgIpc) is 2.37. The van der Waals surface area contributed by atoms with Crippen molar-refractivity contribution in [3.63, 3.8) is 0 Å². The second kappa shape index (κ2) is 3.98. The van der Waals surface area contributed by atoms with E-state index in [-0.39, 0.29) is 0 Å². The fourth-order valence-corrected chi connectivity index (χ4v) is 2.40. The Morgan fingerprint density at radius 2 is 1.89 bits per heavy atom. The molecule has 0 unspecified atom stereocenters. The summed E-state index contributed by atoms with van der Waals surface area (Å²) in [5.41, 5.74) is 1.91. The van der Waals surface area contributed by atoms with E-state index in [0.29, 0.717) is 17.8 Å². The SMILES string of the molecule is CN1c2ccccc2Cc2cc(C(F)(F)F)cnc21. The van der Waals surface area contributed by atoms with Crippen LogP contribution in [0.4, 0.5) is 24.7 Å². The van der Waals surface area contributed by atoms with Crippen molar-refractivity contribution in [2.75, 3.05) is 11.9 Å². The lowest BCUT2D eigenvalue weighted by atomic mass is 9.97. The van der Waals surface area contributed by atoms with E-state index in [9.17, 15) is 13.2 Å². The molecule has 1 aliphatic heterocycles. The summed E-state index contributed by atoms with van der Waals surface area (Å²) in [5.74, 6) is 0.590. The van der Waals surface area contributed by atoms with Gasteiger partial charge in [-0.15, -0.1) is 0 Å². The highest BCUT2D eigenvalue weighted by molar-refractivity contribution is 5.71. The topological polar surface area (TPSA) is 16.1 Å². The third-order valence-corrected chi connectivity index (χ3v) is 3.32. The van der Waals surface area contributed by atoms with Crippen molar-refractivity contribution in [2.24, 2.45) is 0 Å². The lowest BCUT2D eigenvalue weighted by Gasteiger charge is -2.29. The monoisotopic (exact) mass is 264 g/mol. The van der Waals surface area contributed by atoms with Crippen molar-refractivity contribution < 1.29 is 13.2 Å². The van der Waals surface area contributed by atoms with Gasteiger partial charge in [0.05, 0.1) is 5.56 Å². The molecule has 98 valence electrons. The van der Waals surface area contributed by atoms with Crippen LogP contribution in [0.1, 0.15) is 16.7 Å². The van der Waals surface area contributed by atoms with Crippen LogP contribution < -0.4 is 4.90 Å². The van der Waals surface area contributed by atoms with Crippen molar-refractivity contribution in [1.29, 1.82) is 0 Å². The van der Waals surface area contributed by atoms with Gasteiger partial charge in [0, 0.05) is 30.9 Å². The van der Waals surface area contributed by atoms with Gasteiger partial charge in [0.15, 0.2) is 0 Å². The Kier molecular flexibility index (Phi) is 2.52. The van der Waals surface area contributed by atoms with Gasteiger partial charge in [-0.2, -0.15) is 13.2 Å². The summed E-state index contributed by atoms with van der Waals surface area (Å²) >= 11 is 0. The summed E-state index contributed by atoms with van der Waals surface area (Å²) in [6.07, 6.45) is -2.98. The predicted octanol–water partition coefficient (Wildman–Crippen LogP) is 3.77. The molecule has 1 aromatic carbocycles. The first kappa shape index (κ1) is 12.0. The number of benzene rings is 1. The lowest BCUT2D eigenvalue weighted by molar-refractivity contribution is -0.137. The number of para-hydroxylation sites is 1. The van der Waals surface area contributed by atoms with E-state index in [4.69, 9.17) is 0 Å². The molecule has 0 saturated heterocycles. The molecule has 1 aliphatic rings. The molecule has 0 amide bonds. The van der Waals surface area contributed by atoms with Gasteiger partial charge in [0.1, 0.15) is 5.82 Å². The molecule has 2 heterocycles. The molecule has 0 aliphatic carbocycles. The number of alkyl halides is 3. The number of fused-ring (bicyclic) bond motifs is 2. The zero-order valence-electron chi connectivity index (χ0n) is 10.2. The first-order valence-electron chi connectivity index (χ1n) is 5.84. The molecule has 0 fully saturated rings. The van der Waals surface area contributed by atoms with Crippen LogP contribution in [0.15, 0.2) is 36.5 Å². The minimum atomic E-state index is -4.35. The molecule has 0 radical (unpaired) electrons. The molecule has 2 nitrogen and oxygen atoms in total.